The number of hydrogen-bond acceptors (Lipinski definition) is 4. The number of benzene rings is 1. The zero-order valence-corrected chi connectivity index (χ0v) is 15.2. The summed E-state index contributed by atoms with van der Waals surface area (Å²) in [5.41, 5.74) is 2.48. The molecule has 1 atom stereocenters. The third kappa shape index (κ3) is 3.12. The summed E-state index contributed by atoms with van der Waals surface area (Å²) in [5, 5.41) is 0.754. The van der Waals surface area contributed by atoms with E-state index in [4.69, 9.17) is 0 Å². The van der Waals surface area contributed by atoms with Gasteiger partial charge in [-0.2, -0.15) is 0 Å². The molecule has 0 spiro atoms. The van der Waals surface area contributed by atoms with Crippen LogP contribution in [0.5, 0.6) is 0 Å². The molecule has 1 fully saturated rings. The van der Waals surface area contributed by atoms with Gasteiger partial charge in [-0.25, -0.2) is 9.37 Å². The Morgan fingerprint density at radius 2 is 2.04 bits per heavy atom. The summed E-state index contributed by atoms with van der Waals surface area (Å²) in [6.07, 6.45) is 3.56. The highest BCUT2D eigenvalue weighted by atomic mass is 32.1. The molecular weight excluding hydrogens is 349 g/mol. The van der Waals surface area contributed by atoms with Crippen molar-refractivity contribution in [1.29, 1.82) is 0 Å². The maximum atomic E-state index is 13.2. The van der Waals surface area contributed by atoms with Crippen molar-refractivity contribution in [2.75, 3.05) is 6.54 Å². The molecule has 0 N–H and O–H groups in total. The van der Waals surface area contributed by atoms with Crippen LogP contribution in [0.25, 0.3) is 10.7 Å². The number of aryl methyl sites for hydroxylation is 1. The quantitative estimate of drug-likeness (QED) is 0.678. The van der Waals surface area contributed by atoms with Gasteiger partial charge in [-0.3, -0.25) is 9.78 Å². The summed E-state index contributed by atoms with van der Waals surface area (Å²) in [6.45, 7) is 2.57. The topological polar surface area (TPSA) is 46.1 Å². The molecule has 2 aromatic heterocycles. The van der Waals surface area contributed by atoms with E-state index in [9.17, 15) is 9.18 Å². The summed E-state index contributed by atoms with van der Waals surface area (Å²) in [4.78, 5) is 24.6. The van der Waals surface area contributed by atoms with E-state index in [-0.39, 0.29) is 17.8 Å². The van der Waals surface area contributed by atoms with E-state index in [2.05, 4.69) is 9.97 Å². The summed E-state index contributed by atoms with van der Waals surface area (Å²) >= 11 is 1.38. The fourth-order valence-electron chi connectivity index (χ4n) is 3.37. The predicted molar refractivity (Wildman–Crippen MR) is 99.5 cm³/mol. The lowest BCUT2D eigenvalue weighted by Gasteiger charge is -2.24. The van der Waals surface area contributed by atoms with Gasteiger partial charge in [0.1, 0.15) is 15.7 Å². The Morgan fingerprint density at radius 1 is 1.23 bits per heavy atom. The fraction of sp³-hybridized carbons (Fsp3) is 0.250. The van der Waals surface area contributed by atoms with Gasteiger partial charge >= 0.3 is 0 Å². The third-order valence-corrected chi connectivity index (χ3v) is 5.81. The van der Waals surface area contributed by atoms with Crippen molar-refractivity contribution in [3.63, 3.8) is 0 Å². The minimum atomic E-state index is -0.261. The van der Waals surface area contributed by atoms with Crippen LogP contribution < -0.4 is 0 Å². The van der Waals surface area contributed by atoms with Crippen molar-refractivity contribution in [3.05, 3.63) is 70.6 Å². The van der Waals surface area contributed by atoms with Gasteiger partial charge < -0.3 is 4.90 Å². The van der Waals surface area contributed by atoms with E-state index >= 15 is 0 Å². The van der Waals surface area contributed by atoms with Crippen LogP contribution in [0.3, 0.4) is 0 Å². The van der Waals surface area contributed by atoms with Crippen LogP contribution >= 0.6 is 11.3 Å². The average Bonchev–Trinajstić information content (AvgIpc) is 3.29. The molecule has 3 aromatic rings. The van der Waals surface area contributed by atoms with Crippen molar-refractivity contribution >= 4 is 17.2 Å². The lowest BCUT2D eigenvalue weighted by Crippen LogP contribution is -2.30. The Bertz CT molecular complexity index is 924. The molecule has 6 heteroatoms. The van der Waals surface area contributed by atoms with Crippen LogP contribution in [-0.2, 0) is 0 Å². The maximum Gasteiger partial charge on any atom is 0.266 e. The number of hydrogen-bond donors (Lipinski definition) is 0. The predicted octanol–water partition coefficient (Wildman–Crippen LogP) is 4.63. The molecule has 0 saturated carbocycles. The first kappa shape index (κ1) is 16.8. The standard InChI is InChI=1S/C20H18FN3OS/c1-13-18(26-19(23-13)16-5-2-3-11-22-16)20(25)24-12-4-6-17(24)14-7-9-15(21)10-8-14/h2-3,5,7-11,17H,4,6,12H2,1H3/t17-/m1/s1. The second kappa shape index (κ2) is 6.96. The Labute approximate surface area is 155 Å². The van der Waals surface area contributed by atoms with Crippen molar-refractivity contribution in [2.45, 2.75) is 25.8 Å². The van der Waals surface area contributed by atoms with Gasteiger partial charge in [0.25, 0.3) is 5.91 Å². The van der Waals surface area contributed by atoms with Gasteiger partial charge in [0.05, 0.1) is 17.4 Å². The normalized spacial score (nSPS) is 16.8. The highest BCUT2D eigenvalue weighted by molar-refractivity contribution is 7.17. The Morgan fingerprint density at radius 3 is 2.77 bits per heavy atom. The maximum absolute atomic E-state index is 13.2. The largest absolute Gasteiger partial charge is 0.331 e. The second-order valence-electron chi connectivity index (χ2n) is 6.36. The molecule has 1 aliphatic rings. The summed E-state index contributed by atoms with van der Waals surface area (Å²) in [7, 11) is 0. The lowest BCUT2D eigenvalue weighted by atomic mass is 10.0. The van der Waals surface area contributed by atoms with E-state index in [1.165, 1.54) is 23.5 Å². The van der Waals surface area contributed by atoms with Gasteiger partial charge in [-0.05, 0) is 49.6 Å². The highest BCUT2D eigenvalue weighted by Crippen LogP contribution is 2.35. The molecule has 26 heavy (non-hydrogen) atoms. The molecule has 3 heterocycles. The number of aromatic nitrogens is 2. The van der Waals surface area contributed by atoms with Crippen molar-refractivity contribution < 1.29 is 9.18 Å². The molecule has 1 aromatic carbocycles. The molecule has 4 nitrogen and oxygen atoms in total. The van der Waals surface area contributed by atoms with Crippen LogP contribution in [0.4, 0.5) is 4.39 Å². The fourth-order valence-corrected chi connectivity index (χ4v) is 4.36. The van der Waals surface area contributed by atoms with Crippen molar-refractivity contribution in [3.8, 4) is 10.7 Å². The van der Waals surface area contributed by atoms with Crippen LogP contribution in [0, 0.1) is 12.7 Å². The van der Waals surface area contributed by atoms with Crippen LogP contribution in [0.15, 0.2) is 48.7 Å². The van der Waals surface area contributed by atoms with Crippen molar-refractivity contribution in [1.82, 2.24) is 14.9 Å². The van der Waals surface area contributed by atoms with Crippen LogP contribution in [-0.4, -0.2) is 27.3 Å². The van der Waals surface area contributed by atoms with E-state index in [0.717, 1.165) is 34.8 Å². The van der Waals surface area contributed by atoms with E-state index < -0.39 is 0 Å². The minimum absolute atomic E-state index is 0.00555. The smallest absolute Gasteiger partial charge is 0.266 e. The highest BCUT2D eigenvalue weighted by Gasteiger charge is 2.32. The van der Waals surface area contributed by atoms with Crippen LogP contribution in [0.2, 0.25) is 0 Å². The number of carbonyl (C=O) groups is 1. The van der Waals surface area contributed by atoms with Gasteiger partial charge in [-0.15, -0.1) is 11.3 Å². The summed E-state index contributed by atoms with van der Waals surface area (Å²) < 4.78 is 13.2. The second-order valence-corrected chi connectivity index (χ2v) is 7.36. The molecule has 0 aliphatic carbocycles. The number of amides is 1. The van der Waals surface area contributed by atoms with Gasteiger partial charge in [0.15, 0.2) is 0 Å². The Kier molecular flexibility index (Phi) is 4.51. The Balaban J connectivity index is 1.63. The number of pyridine rings is 1. The van der Waals surface area contributed by atoms with Crippen molar-refractivity contribution in [2.24, 2.45) is 0 Å². The molecule has 0 unspecified atom stereocenters. The van der Waals surface area contributed by atoms with E-state index in [1.807, 2.05) is 30.0 Å². The molecule has 1 saturated heterocycles. The van der Waals surface area contributed by atoms with Crippen LogP contribution in [0.1, 0.15) is 39.8 Å². The van der Waals surface area contributed by atoms with Gasteiger partial charge in [0, 0.05) is 12.7 Å². The molecule has 0 bridgehead atoms. The summed E-state index contributed by atoms with van der Waals surface area (Å²) in [5.74, 6) is -0.267. The molecule has 132 valence electrons. The molecule has 1 amide bonds. The van der Waals surface area contributed by atoms with E-state index in [1.54, 1.807) is 18.3 Å². The Hall–Kier alpha value is -2.60. The molecule has 1 aliphatic heterocycles. The number of thiazole rings is 1. The number of nitrogens with zero attached hydrogens (tertiary/aromatic N) is 3. The average molecular weight is 367 g/mol. The number of carbonyl (C=O) groups excluding carboxylic acids is 1. The number of rotatable bonds is 3. The zero-order chi connectivity index (χ0) is 18.1. The zero-order valence-electron chi connectivity index (χ0n) is 14.4. The number of likely N-dealkylation sites (tertiary alicyclic amines) is 1. The van der Waals surface area contributed by atoms with Gasteiger partial charge in [0.2, 0.25) is 0 Å². The number of halogens is 1. The molecule has 4 rings (SSSR count). The first-order chi connectivity index (χ1) is 12.6. The first-order valence-electron chi connectivity index (χ1n) is 8.59. The third-order valence-electron chi connectivity index (χ3n) is 4.64. The summed E-state index contributed by atoms with van der Waals surface area (Å²) in [6, 6.07) is 12.1. The molecular formula is C20H18FN3OS. The molecule has 0 radical (unpaired) electrons. The minimum Gasteiger partial charge on any atom is -0.331 e. The first-order valence-corrected chi connectivity index (χ1v) is 9.40. The SMILES string of the molecule is Cc1nc(-c2ccccn2)sc1C(=O)N1CCC[C@@H]1c1ccc(F)cc1. The monoisotopic (exact) mass is 367 g/mol. The lowest BCUT2D eigenvalue weighted by molar-refractivity contribution is 0.0739. The van der Waals surface area contributed by atoms with E-state index in [0.29, 0.717) is 11.4 Å². The van der Waals surface area contributed by atoms with Gasteiger partial charge in [-0.1, -0.05) is 18.2 Å².